The number of hydrogen-bond donors (Lipinski definition) is 2. The quantitative estimate of drug-likeness (QED) is 0.540. The second kappa shape index (κ2) is 9.04. The van der Waals surface area contributed by atoms with Crippen molar-refractivity contribution in [3.63, 3.8) is 0 Å². The number of rotatable bonds is 7. The van der Waals surface area contributed by atoms with E-state index in [0.717, 1.165) is 10.6 Å². The maximum Gasteiger partial charge on any atom is 0.278 e. The molecule has 0 bridgehead atoms. The van der Waals surface area contributed by atoms with Crippen LogP contribution in [0.25, 0.3) is 5.57 Å². The van der Waals surface area contributed by atoms with Gasteiger partial charge >= 0.3 is 0 Å². The molecule has 0 unspecified atom stereocenters. The number of imide groups is 1. The molecule has 8 nitrogen and oxygen atoms in total. The molecule has 0 atom stereocenters. The van der Waals surface area contributed by atoms with E-state index in [1.54, 1.807) is 36.4 Å². The fourth-order valence-electron chi connectivity index (χ4n) is 3.57. The van der Waals surface area contributed by atoms with Gasteiger partial charge < -0.3 is 20.0 Å². The van der Waals surface area contributed by atoms with Crippen molar-refractivity contribution in [3.05, 3.63) is 83.9 Å². The highest BCUT2D eigenvalue weighted by molar-refractivity contribution is 6.36. The molecule has 2 heterocycles. The first kappa shape index (κ1) is 21.9. The van der Waals surface area contributed by atoms with E-state index in [1.165, 1.54) is 13.2 Å². The molecule has 4 rings (SSSR count). The van der Waals surface area contributed by atoms with Crippen LogP contribution in [0.4, 0.5) is 17.1 Å². The molecule has 0 saturated heterocycles. The number of hydrogen-bond acceptors (Lipinski definition) is 6. The summed E-state index contributed by atoms with van der Waals surface area (Å²) in [6.45, 7) is 1.45. The van der Waals surface area contributed by atoms with Crippen LogP contribution < -0.4 is 15.5 Å². The highest BCUT2D eigenvalue weighted by atomic mass is 16.3. The fraction of sp³-hybridized carbons (Fsp3) is 0.160. The minimum absolute atomic E-state index is 0.0306. The van der Waals surface area contributed by atoms with Gasteiger partial charge in [-0.15, -0.1) is 0 Å². The summed E-state index contributed by atoms with van der Waals surface area (Å²) in [5, 5.41) is 5.84. The summed E-state index contributed by atoms with van der Waals surface area (Å²) in [6, 6.07) is 17.8. The molecule has 3 amide bonds. The van der Waals surface area contributed by atoms with E-state index >= 15 is 0 Å². The molecule has 8 heteroatoms. The van der Waals surface area contributed by atoms with Crippen LogP contribution >= 0.6 is 0 Å². The largest absolute Gasteiger partial charge is 0.467 e. The molecular weight excluding hydrogens is 420 g/mol. The molecule has 168 valence electrons. The van der Waals surface area contributed by atoms with Gasteiger partial charge in [-0.2, -0.15) is 0 Å². The van der Waals surface area contributed by atoms with Gasteiger partial charge in [0.05, 0.1) is 18.4 Å². The van der Waals surface area contributed by atoms with Crippen LogP contribution in [0.3, 0.4) is 0 Å². The van der Waals surface area contributed by atoms with Crippen molar-refractivity contribution >= 4 is 40.4 Å². The number of nitrogens with zero attached hydrogens (tertiary/aromatic N) is 2. The summed E-state index contributed by atoms with van der Waals surface area (Å²) in [6.07, 6.45) is 1.50. The Morgan fingerprint density at radius 1 is 0.939 bits per heavy atom. The Morgan fingerprint density at radius 3 is 2.18 bits per heavy atom. The zero-order valence-corrected chi connectivity index (χ0v) is 18.6. The highest BCUT2D eigenvalue weighted by Gasteiger charge is 2.39. The van der Waals surface area contributed by atoms with Crippen molar-refractivity contribution in [2.75, 3.05) is 29.6 Å². The lowest BCUT2D eigenvalue weighted by molar-refractivity contribution is -0.137. The number of furan rings is 1. The van der Waals surface area contributed by atoms with Crippen LogP contribution in [0.1, 0.15) is 18.2 Å². The Labute approximate surface area is 191 Å². The molecule has 3 aromatic rings. The van der Waals surface area contributed by atoms with Crippen molar-refractivity contribution in [1.29, 1.82) is 0 Å². The predicted molar refractivity (Wildman–Crippen MR) is 126 cm³/mol. The Bertz CT molecular complexity index is 1210. The summed E-state index contributed by atoms with van der Waals surface area (Å²) >= 11 is 0. The molecule has 1 aliphatic heterocycles. The smallest absolute Gasteiger partial charge is 0.278 e. The van der Waals surface area contributed by atoms with E-state index < -0.39 is 11.8 Å². The number of carbonyl (C=O) groups is 3. The molecule has 0 saturated carbocycles. The van der Waals surface area contributed by atoms with Crippen molar-refractivity contribution in [2.45, 2.75) is 13.5 Å². The van der Waals surface area contributed by atoms with Crippen molar-refractivity contribution in [3.8, 4) is 0 Å². The second-order valence-electron chi connectivity index (χ2n) is 7.85. The first-order valence-corrected chi connectivity index (χ1v) is 10.4. The van der Waals surface area contributed by atoms with Gasteiger partial charge in [0.1, 0.15) is 11.5 Å². The lowest BCUT2D eigenvalue weighted by atomic mass is 10.0. The van der Waals surface area contributed by atoms with Gasteiger partial charge in [-0.1, -0.05) is 12.1 Å². The van der Waals surface area contributed by atoms with Crippen LogP contribution in [0.5, 0.6) is 0 Å². The lowest BCUT2D eigenvalue weighted by Crippen LogP contribution is -2.31. The van der Waals surface area contributed by atoms with Crippen LogP contribution in [0, 0.1) is 0 Å². The van der Waals surface area contributed by atoms with Gasteiger partial charge in [-0.3, -0.25) is 19.3 Å². The Kier molecular flexibility index (Phi) is 5.99. The van der Waals surface area contributed by atoms with E-state index in [1.807, 2.05) is 43.3 Å². The highest BCUT2D eigenvalue weighted by Crippen LogP contribution is 2.32. The third-order valence-corrected chi connectivity index (χ3v) is 5.21. The minimum Gasteiger partial charge on any atom is -0.467 e. The van der Waals surface area contributed by atoms with Gasteiger partial charge in [0.25, 0.3) is 11.8 Å². The van der Waals surface area contributed by atoms with Crippen LogP contribution in [0.2, 0.25) is 0 Å². The predicted octanol–water partition coefficient (Wildman–Crippen LogP) is 3.70. The summed E-state index contributed by atoms with van der Waals surface area (Å²) < 4.78 is 5.34. The third kappa shape index (κ3) is 4.64. The summed E-state index contributed by atoms with van der Waals surface area (Å²) in [5.74, 6) is -0.541. The van der Waals surface area contributed by atoms with E-state index in [-0.39, 0.29) is 23.7 Å². The number of amides is 3. The van der Waals surface area contributed by atoms with Crippen LogP contribution in [-0.2, 0) is 20.9 Å². The van der Waals surface area contributed by atoms with Gasteiger partial charge in [0.2, 0.25) is 5.91 Å². The molecule has 0 radical (unpaired) electrons. The van der Waals surface area contributed by atoms with E-state index in [0.29, 0.717) is 22.7 Å². The molecule has 1 aliphatic rings. The molecule has 2 aromatic carbocycles. The zero-order valence-electron chi connectivity index (χ0n) is 18.6. The number of nitrogens with one attached hydrogen (secondary N) is 2. The maximum atomic E-state index is 13.3. The minimum atomic E-state index is -0.436. The van der Waals surface area contributed by atoms with E-state index in [2.05, 4.69) is 10.6 Å². The normalized spacial score (nSPS) is 13.5. The molecule has 0 fully saturated rings. The second-order valence-corrected chi connectivity index (χ2v) is 7.85. The summed E-state index contributed by atoms with van der Waals surface area (Å²) in [5.41, 5.74) is 3.32. The molecule has 1 aromatic heterocycles. The van der Waals surface area contributed by atoms with Gasteiger partial charge in [-0.25, -0.2) is 0 Å². The Balaban J connectivity index is 1.70. The molecule has 0 spiro atoms. The average Bonchev–Trinajstić information content (AvgIpc) is 3.38. The number of benzene rings is 2. The van der Waals surface area contributed by atoms with Crippen molar-refractivity contribution < 1.29 is 18.8 Å². The Morgan fingerprint density at radius 2 is 1.61 bits per heavy atom. The summed E-state index contributed by atoms with van der Waals surface area (Å²) in [7, 11) is 3.89. The van der Waals surface area contributed by atoms with Crippen molar-refractivity contribution in [2.24, 2.45) is 0 Å². The average molecular weight is 444 g/mol. The third-order valence-electron chi connectivity index (χ3n) is 5.21. The SMILES string of the molecule is CC(=O)Nc1ccc(C2=C(Nc3ccc(N(C)C)cc3)C(=O)N(Cc3ccco3)C2=O)cc1. The number of anilines is 3. The molecule has 33 heavy (non-hydrogen) atoms. The zero-order chi connectivity index (χ0) is 23.5. The topological polar surface area (TPSA) is 94.9 Å². The van der Waals surface area contributed by atoms with E-state index in [9.17, 15) is 14.4 Å². The molecule has 2 N–H and O–H groups in total. The van der Waals surface area contributed by atoms with Crippen molar-refractivity contribution in [1.82, 2.24) is 4.90 Å². The Hall–Kier alpha value is -4.33. The fourth-order valence-corrected chi connectivity index (χ4v) is 3.57. The van der Waals surface area contributed by atoms with Gasteiger partial charge in [-0.05, 0) is 54.1 Å². The molecule has 0 aliphatic carbocycles. The first-order valence-electron chi connectivity index (χ1n) is 10.4. The van der Waals surface area contributed by atoms with E-state index in [4.69, 9.17) is 4.42 Å². The summed E-state index contributed by atoms with van der Waals surface area (Å²) in [4.78, 5) is 41.1. The standard InChI is InChI=1S/C25H24N4O4/c1-16(30)26-18-8-6-17(7-9-18)22-23(27-19-10-12-20(13-11-19)28(2)3)25(32)29(24(22)31)15-21-5-4-14-33-21/h4-14,27H,15H2,1-3H3,(H,26,30). The monoisotopic (exact) mass is 444 g/mol. The molecular formula is C25H24N4O4. The van der Waals surface area contributed by atoms with Gasteiger partial charge in [0, 0.05) is 38.1 Å². The first-order chi connectivity index (χ1) is 15.8. The lowest BCUT2D eigenvalue weighted by Gasteiger charge is -2.15. The maximum absolute atomic E-state index is 13.3. The van der Waals surface area contributed by atoms with Gasteiger partial charge in [0.15, 0.2) is 0 Å². The number of carbonyl (C=O) groups excluding carboxylic acids is 3. The van der Waals surface area contributed by atoms with Crippen LogP contribution in [0.15, 0.2) is 77.0 Å². The van der Waals surface area contributed by atoms with Crippen LogP contribution in [-0.4, -0.2) is 36.7 Å².